The Balaban J connectivity index is 2.56. The lowest BCUT2D eigenvalue weighted by molar-refractivity contribution is -0.131. The van der Waals surface area contributed by atoms with E-state index in [-0.39, 0.29) is 5.56 Å². The fourth-order valence-electron chi connectivity index (χ4n) is 1.75. The molecule has 0 aromatic heterocycles. The molecule has 1 aliphatic rings. The first-order valence-corrected chi connectivity index (χ1v) is 4.89. The van der Waals surface area contributed by atoms with Gasteiger partial charge < -0.3 is 10.0 Å². The van der Waals surface area contributed by atoms with Crippen molar-refractivity contribution in [1.29, 1.82) is 0 Å². The van der Waals surface area contributed by atoms with Crippen LogP contribution in [-0.4, -0.2) is 29.8 Å². The van der Waals surface area contributed by atoms with Crippen LogP contribution < -0.4 is 4.90 Å². The van der Waals surface area contributed by atoms with Gasteiger partial charge in [-0.25, -0.2) is 4.79 Å². The molecular formula is C12H9NO4. The molecule has 0 fully saturated rings. The van der Waals surface area contributed by atoms with E-state index in [2.05, 4.69) is 0 Å². The smallest absolute Gasteiger partial charge is 0.328 e. The number of anilines is 1. The number of nitrogens with zero attached hydrogens (tertiary/aromatic N) is 1. The summed E-state index contributed by atoms with van der Waals surface area (Å²) >= 11 is 0. The van der Waals surface area contributed by atoms with E-state index in [0.717, 1.165) is 6.08 Å². The topological polar surface area (TPSA) is 74.7 Å². The van der Waals surface area contributed by atoms with E-state index in [9.17, 15) is 14.4 Å². The third-order valence-corrected chi connectivity index (χ3v) is 2.57. The van der Waals surface area contributed by atoms with Gasteiger partial charge in [-0.1, -0.05) is 12.1 Å². The molecule has 0 saturated heterocycles. The maximum atomic E-state index is 11.7. The molecule has 0 spiro atoms. The summed E-state index contributed by atoms with van der Waals surface area (Å²) in [6.45, 7) is 0. The fraction of sp³-hybridized carbons (Fsp3) is 0.0833. The van der Waals surface area contributed by atoms with Crippen molar-refractivity contribution in [2.24, 2.45) is 0 Å². The number of ketones is 1. The van der Waals surface area contributed by atoms with E-state index in [1.807, 2.05) is 0 Å². The van der Waals surface area contributed by atoms with Gasteiger partial charge in [0, 0.05) is 13.1 Å². The molecular weight excluding hydrogens is 222 g/mol. The Morgan fingerprint density at radius 2 is 2.06 bits per heavy atom. The molecule has 0 bridgehead atoms. The summed E-state index contributed by atoms with van der Waals surface area (Å²) in [7, 11) is 1.51. The van der Waals surface area contributed by atoms with Gasteiger partial charge in [0.05, 0.1) is 11.3 Å². The number of benzene rings is 1. The Bertz CT molecular complexity index is 560. The molecule has 0 saturated carbocycles. The van der Waals surface area contributed by atoms with E-state index in [4.69, 9.17) is 5.11 Å². The minimum atomic E-state index is -1.10. The highest BCUT2D eigenvalue weighted by Crippen LogP contribution is 2.30. The molecule has 0 aliphatic carbocycles. The number of amides is 1. The van der Waals surface area contributed by atoms with Crippen molar-refractivity contribution in [2.75, 3.05) is 11.9 Å². The minimum Gasteiger partial charge on any atom is -0.478 e. The van der Waals surface area contributed by atoms with Gasteiger partial charge in [0.25, 0.3) is 11.7 Å². The number of carbonyl (C=O) groups excluding carboxylic acids is 2. The Kier molecular flexibility index (Phi) is 2.51. The van der Waals surface area contributed by atoms with Crippen LogP contribution in [-0.2, 0) is 9.59 Å². The van der Waals surface area contributed by atoms with E-state index in [1.165, 1.54) is 18.0 Å². The number of likely N-dealkylation sites (N-methyl/N-ethyl adjacent to an activating group) is 1. The van der Waals surface area contributed by atoms with Crippen LogP contribution in [0.1, 0.15) is 15.9 Å². The molecule has 17 heavy (non-hydrogen) atoms. The van der Waals surface area contributed by atoms with Crippen LogP contribution in [0.3, 0.4) is 0 Å². The van der Waals surface area contributed by atoms with E-state index in [0.29, 0.717) is 11.3 Å². The van der Waals surface area contributed by atoms with Crippen LogP contribution in [0.5, 0.6) is 0 Å². The van der Waals surface area contributed by atoms with E-state index >= 15 is 0 Å². The number of Topliss-reactive ketones (excluding diaryl/α,β-unsaturated/α-hetero) is 1. The van der Waals surface area contributed by atoms with Crippen molar-refractivity contribution in [3.05, 3.63) is 35.4 Å². The average Bonchev–Trinajstić information content (AvgIpc) is 2.52. The molecule has 2 rings (SSSR count). The fourth-order valence-corrected chi connectivity index (χ4v) is 1.75. The minimum absolute atomic E-state index is 0.262. The van der Waals surface area contributed by atoms with Gasteiger partial charge in [-0.2, -0.15) is 0 Å². The Labute approximate surface area is 97.0 Å². The number of rotatable bonds is 2. The Morgan fingerprint density at radius 1 is 1.35 bits per heavy atom. The lowest BCUT2D eigenvalue weighted by Crippen LogP contribution is -2.24. The maximum Gasteiger partial charge on any atom is 0.328 e. The molecule has 1 aliphatic heterocycles. The summed E-state index contributed by atoms with van der Waals surface area (Å²) in [6, 6.07) is 4.92. The van der Waals surface area contributed by atoms with Crippen LogP contribution in [0.2, 0.25) is 0 Å². The highest BCUT2D eigenvalue weighted by Gasteiger charge is 2.34. The number of fused-ring (bicyclic) bond motifs is 1. The number of carboxylic acid groups (broad SMARTS) is 1. The molecule has 0 atom stereocenters. The first-order valence-electron chi connectivity index (χ1n) is 4.89. The molecule has 1 aromatic rings. The third kappa shape index (κ3) is 1.71. The molecule has 0 radical (unpaired) electrons. The lowest BCUT2D eigenvalue weighted by atomic mass is 10.0. The van der Waals surface area contributed by atoms with E-state index < -0.39 is 17.7 Å². The van der Waals surface area contributed by atoms with Gasteiger partial charge in [-0.15, -0.1) is 0 Å². The van der Waals surface area contributed by atoms with Gasteiger partial charge in [-0.05, 0) is 17.7 Å². The molecule has 5 heteroatoms. The van der Waals surface area contributed by atoms with Crippen molar-refractivity contribution in [3.63, 3.8) is 0 Å². The first-order chi connectivity index (χ1) is 8.02. The van der Waals surface area contributed by atoms with Crippen LogP contribution in [0.15, 0.2) is 24.3 Å². The van der Waals surface area contributed by atoms with Gasteiger partial charge >= 0.3 is 5.97 Å². The SMILES string of the molecule is CN1C(=O)C(=O)c2c(/C=C/C(=O)O)cccc21. The summed E-state index contributed by atoms with van der Waals surface area (Å²) in [5.74, 6) is -2.31. The summed E-state index contributed by atoms with van der Waals surface area (Å²) in [6.07, 6.45) is 2.25. The van der Waals surface area contributed by atoms with Gasteiger partial charge in [0.1, 0.15) is 0 Å². The maximum absolute atomic E-state index is 11.7. The van der Waals surface area contributed by atoms with Crippen molar-refractivity contribution >= 4 is 29.4 Å². The van der Waals surface area contributed by atoms with E-state index in [1.54, 1.807) is 18.2 Å². The predicted molar refractivity (Wildman–Crippen MR) is 60.9 cm³/mol. The van der Waals surface area contributed by atoms with Gasteiger partial charge in [-0.3, -0.25) is 9.59 Å². The summed E-state index contributed by atoms with van der Waals surface area (Å²) in [4.78, 5) is 34.9. The van der Waals surface area contributed by atoms with Crippen LogP contribution in [0.25, 0.3) is 6.08 Å². The standard InChI is InChI=1S/C12H9NO4/c1-13-8-4-2-3-7(5-6-9(14)15)10(8)11(16)12(13)17/h2-6H,1H3,(H,14,15)/b6-5+. The highest BCUT2D eigenvalue weighted by molar-refractivity contribution is 6.52. The normalized spacial score (nSPS) is 14.5. The first kappa shape index (κ1) is 11.1. The van der Waals surface area contributed by atoms with Crippen LogP contribution in [0.4, 0.5) is 5.69 Å². The lowest BCUT2D eigenvalue weighted by Gasteiger charge is -2.08. The number of aliphatic carboxylic acids is 1. The molecule has 5 nitrogen and oxygen atoms in total. The number of carbonyl (C=O) groups is 3. The molecule has 0 unspecified atom stereocenters. The largest absolute Gasteiger partial charge is 0.478 e. The number of hydrogen-bond donors (Lipinski definition) is 1. The summed E-state index contributed by atoms with van der Waals surface area (Å²) in [5.41, 5.74) is 1.21. The van der Waals surface area contributed by atoms with Crippen molar-refractivity contribution in [2.45, 2.75) is 0 Å². The van der Waals surface area contributed by atoms with Crippen molar-refractivity contribution in [3.8, 4) is 0 Å². The zero-order valence-corrected chi connectivity index (χ0v) is 9.01. The number of carboxylic acids is 1. The highest BCUT2D eigenvalue weighted by atomic mass is 16.4. The van der Waals surface area contributed by atoms with Crippen molar-refractivity contribution in [1.82, 2.24) is 0 Å². The second-order valence-electron chi connectivity index (χ2n) is 3.61. The molecule has 1 N–H and O–H groups in total. The summed E-state index contributed by atoms with van der Waals surface area (Å²) in [5, 5.41) is 8.54. The molecule has 86 valence electrons. The number of hydrogen-bond acceptors (Lipinski definition) is 3. The molecule has 1 heterocycles. The Morgan fingerprint density at radius 3 is 2.71 bits per heavy atom. The van der Waals surface area contributed by atoms with Crippen molar-refractivity contribution < 1.29 is 19.5 Å². The molecule has 1 amide bonds. The van der Waals surface area contributed by atoms with Gasteiger partial charge in [0.2, 0.25) is 0 Å². The second-order valence-corrected chi connectivity index (χ2v) is 3.61. The predicted octanol–water partition coefficient (Wildman–Crippen LogP) is 0.944. The third-order valence-electron chi connectivity index (χ3n) is 2.57. The zero-order chi connectivity index (χ0) is 12.6. The quantitative estimate of drug-likeness (QED) is 0.607. The average molecular weight is 231 g/mol. The summed E-state index contributed by atoms with van der Waals surface area (Å²) < 4.78 is 0. The zero-order valence-electron chi connectivity index (χ0n) is 9.01. The Hall–Kier alpha value is -2.43. The monoisotopic (exact) mass is 231 g/mol. The van der Waals surface area contributed by atoms with Crippen LogP contribution >= 0.6 is 0 Å². The second kappa shape index (κ2) is 3.86. The van der Waals surface area contributed by atoms with Gasteiger partial charge in [0.15, 0.2) is 0 Å². The molecule has 1 aromatic carbocycles. The van der Waals surface area contributed by atoms with Crippen LogP contribution in [0, 0.1) is 0 Å².